The van der Waals surface area contributed by atoms with E-state index in [1.54, 1.807) is 11.3 Å². The van der Waals surface area contributed by atoms with Crippen molar-refractivity contribution in [2.24, 2.45) is 5.73 Å². The fourth-order valence-corrected chi connectivity index (χ4v) is 2.83. The van der Waals surface area contributed by atoms with Crippen LogP contribution in [0.1, 0.15) is 31.1 Å². The van der Waals surface area contributed by atoms with Crippen molar-refractivity contribution in [3.63, 3.8) is 0 Å². The van der Waals surface area contributed by atoms with E-state index in [9.17, 15) is 0 Å². The van der Waals surface area contributed by atoms with Crippen LogP contribution in [0, 0.1) is 0 Å². The largest absolute Gasteiger partial charge is 0.328 e. The van der Waals surface area contributed by atoms with E-state index >= 15 is 0 Å². The van der Waals surface area contributed by atoms with E-state index in [0.29, 0.717) is 6.04 Å². The number of rotatable bonds is 7. The van der Waals surface area contributed by atoms with Gasteiger partial charge in [0.15, 0.2) is 0 Å². The summed E-state index contributed by atoms with van der Waals surface area (Å²) in [5.41, 5.74) is 5.68. The van der Waals surface area contributed by atoms with Crippen LogP contribution in [0.3, 0.4) is 0 Å². The Morgan fingerprint density at radius 1 is 1.47 bits per heavy atom. The van der Waals surface area contributed by atoms with Crippen LogP contribution in [0.4, 0.5) is 0 Å². The van der Waals surface area contributed by atoms with Gasteiger partial charge in [-0.05, 0) is 54.4 Å². The van der Waals surface area contributed by atoms with Gasteiger partial charge < -0.3 is 11.1 Å². The molecule has 86 valence electrons. The molecule has 0 spiro atoms. The minimum atomic E-state index is 0.346. The highest BCUT2D eigenvalue weighted by molar-refractivity contribution is 9.11. The molecule has 0 aliphatic heterocycles. The maximum atomic E-state index is 5.68. The number of halogens is 1. The summed E-state index contributed by atoms with van der Waals surface area (Å²) in [6, 6.07) is 4.60. The average Bonchev–Trinajstić information content (AvgIpc) is 2.57. The molecule has 1 rings (SSSR count). The molecular formula is C11H19BrN2S. The predicted molar refractivity (Wildman–Crippen MR) is 71.2 cm³/mol. The summed E-state index contributed by atoms with van der Waals surface area (Å²) in [5, 5.41) is 3.44. The molecule has 1 atom stereocenters. The Balaban J connectivity index is 1.98. The van der Waals surface area contributed by atoms with Gasteiger partial charge in [-0.3, -0.25) is 0 Å². The van der Waals surface area contributed by atoms with Crippen molar-refractivity contribution in [2.75, 3.05) is 6.54 Å². The molecule has 2 nitrogen and oxygen atoms in total. The van der Waals surface area contributed by atoms with Crippen molar-refractivity contribution in [2.45, 2.75) is 38.8 Å². The Bertz CT molecular complexity index is 273. The van der Waals surface area contributed by atoms with Crippen molar-refractivity contribution in [3.8, 4) is 0 Å². The molecule has 0 radical (unpaired) electrons. The second kappa shape index (κ2) is 7.39. The van der Waals surface area contributed by atoms with Gasteiger partial charge in [-0.15, -0.1) is 11.3 Å². The van der Waals surface area contributed by atoms with E-state index in [1.807, 2.05) is 0 Å². The second-order valence-electron chi connectivity index (χ2n) is 3.86. The van der Waals surface area contributed by atoms with E-state index in [2.05, 4.69) is 40.3 Å². The Morgan fingerprint density at radius 3 is 2.87 bits per heavy atom. The molecule has 1 unspecified atom stereocenters. The molecule has 15 heavy (non-hydrogen) atoms. The molecule has 0 aromatic carbocycles. The van der Waals surface area contributed by atoms with Crippen LogP contribution in [0.2, 0.25) is 0 Å². The number of hydrogen-bond acceptors (Lipinski definition) is 3. The molecule has 0 saturated carbocycles. The SMILES string of the molecule is CC(N)CCCCNCc1ccc(Br)s1. The van der Waals surface area contributed by atoms with Crippen LogP contribution >= 0.6 is 27.3 Å². The fraction of sp³-hybridized carbons (Fsp3) is 0.636. The van der Waals surface area contributed by atoms with Crippen molar-refractivity contribution in [1.29, 1.82) is 0 Å². The Morgan fingerprint density at radius 2 is 2.27 bits per heavy atom. The molecule has 4 heteroatoms. The van der Waals surface area contributed by atoms with Gasteiger partial charge in [-0.2, -0.15) is 0 Å². The van der Waals surface area contributed by atoms with Crippen molar-refractivity contribution < 1.29 is 0 Å². The van der Waals surface area contributed by atoms with E-state index in [1.165, 1.54) is 21.5 Å². The molecule has 0 aliphatic carbocycles. The number of nitrogens with one attached hydrogen (secondary N) is 1. The first kappa shape index (κ1) is 13.2. The highest BCUT2D eigenvalue weighted by Crippen LogP contribution is 2.21. The first-order valence-corrected chi connectivity index (χ1v) is 7.00. The Kier molecular flexibility index (Phi) is 6.48. The van der Waals surface area contributed by atoms with Crippen molar-refractivity contribution >= 4 is 27.3 Å². The third kappa shape index (κ3) is 6.30. The monoisotopic (exact) mass is 290 g/mol. The normalized spacial score (nSPS) is 13.0. The quantitative estimate of drug-likeness (QED) is 0.758. The van der Waals surface area contributed by atoms with Gasteiger partial charge in [-0.25, -0.2) is 0 Å². The summed E-state index contributed by atoms with van der Waals surface area (Å²) in [7, 11) is 0. The van der Waals surface area contributed by atoms with Gasteiger partial charge in [0, 0.05) is 17.5 Å². The number of unbranched alkanes of at least 4 members (excludes halogenated alkanes) is 1. The zero-order valence-electron chi connectivity index (χ0n) is 9.13. The smallest absolute Gasteiger partial charge is 0.0701 e. The van der Waals surface area contributed by atoms with Crippen molar-refractivity contribution in [3.05, 3.63) is 20.8 Å². The number of nitrogens with two attached hydrogens (primary N) is 1. The Hall–Kier alpha value is 0.1000. The number of hydrogen-bond donors (Lipinski definition) is 2. The van der Waals surface area contributed by atoms with Crippen LogP contribution in [0.5, 0.6) is 0 Å². The molecule has 3 N–H and O–H groups in total. The highest BCUT2D eigenvalue weighted by Gasteiger charge is 1.97. The molecule has 0 fully saturated rings. The molecular weight excluding hydrogens is 272 g/mol. The van der Waals surface area contributed by atoms with Crippen LogP contribution < -0.4 is 11.1 Å². The van der Waals surface area contributed by atoms with Gasteiger partial charge in [0.05, 0.1) is 3.79 Å². The molecule has 1 aromatic rings. The van der Waals surface area contributed by atoms with Gasteiger partial charge in [-0.1, -0.05) is 6.42 Å². The third-order valence-electron chi connectivity index (χ3n) is 2.19. The van der Waals surface area contributed by atoms with Gasteiger partial charge in [0.25, 0.3) is 0 Å². The van der Waals surface area contributed by atoms with Crippen LogP contribution in [-0.2, 0) is 6.54 Å². The molecule has 0 amide bonds. The lowest BCUT2D eigenvalue weighted by Gasteiger charge is -2.05. The highest BCUT2D eigenvalue weighted by atomic mass is 79.9. The summed E-state index contributed by atoms with van der Waals surface area (Å²) >= 11 is 5.25. The standard InChI is InChI=1S/C11H19BrN2S/c1-9(13)4-2-3-7-14-8-10-5-6-11(12)15-10/h5-6,9,14H,2-4,7-8,13H2,1H3. The maximum absolute atomic E-state index is 5.68. The van der Waals surface area contributed by atoms with Crippen LogP contribution in [0.15, 0.2) is 15.9 Å². The van der Waals surface area contributed by atoms with E-state index in [4.69, 9.17) is 5.73 Å². The first-order chi connectivity index (χ1) is 7.18. The van der Waals surface area contributed by atoms with E-state index < -0.39 is 0 Å². The van der Waals surface area contributed by atoms with Gasteiger partial charge in [0.1, 0.15) is 0 Å². The molecule has 0 aliphatic rings. The van der Waals surface area contributed by atoms with E-state index in [-0.39, 0.29) is 0 Å². The average molecular weight is 291 g/mol. The summed E-state index contributed by atoms with van der Waals surface area (Å²) < 4.78 is 1.20. The first-order valence-electron chi connectivity index (χ1n) is 5.39. The summed E-state index contributed by atoms with van der Waals surface area (Å²) in [6.07, 6.45) is 3.57. The lowest BCUT2D eigenvalue weighted by Crippen LogP contribution is -2.17. The minimum absolute atomic E-state index is 0.346. The molecule has 1 heterocycles. The fourth-order valence-electron chi connectivity index (χ4n) is 1.37. The Labute approximate surface area is 104 Å². The lowest BCUT2D eigenvalue weighted by atomic mass is 10.1. The molecule has 1 aromatic heterocycles. The maximum Gasteiger partial charge on any atom is 0.0701 e. The molecule has 0 bridgehead atoms. The van der Waals surface area contributed by atoms with Gasteiger partial charge in [0.2, 0.25) is 0 Å². The van der Waals surface area contributed by atoms with Crippen molar-refractivity contribution in [1.82, 2.24) is 5.32 Å². The predicted octanol–water partition coefficient (Wildman–Crippen LogP) is 3.12. The zero-order valence-corrected chi connectivity index (χ0v) is 11.5. The third-order valence-corrected chi connectivity index (χ3v) is 3.81. The topological polar surface area (TPSA) is 38.0 Å². The minimum Gasteiger partial charge on any atom is -0.328 e. The van der Waals surface area contributed by atoms with Gasteiger partial charge >= 0.3 is 0 Å². The van der Waals surface area contributed by atoms with E-state index in [0.717, 1.165) is 19.5 Å². The molecule has 0 saturated heterocycles. The van der Waals surface area contributed by atoms with Crippen LogP contribution in [-0.4, -0.2) is 12.6 Å². The van der Waals surface area contributed by atoms with Crippen LogP contribution in [0.25, 0.3) is 0 Å². The lowest BCUT2D eigenvalue weighted by molar-refractivity contribution is 0.565. The summed E-state index contributed by atoms with van der Waals surface area (Å²) in [4.78, 5) is 1.38. The number of thiophene rings is 1. The second-order valence-corrected chi connectivity index (χ2v) is 6.40. The summed E-state index contributed by atoms with van der Waals surface area (Å²) in [6.45, 7) is 4.13. The zero-order chi connectivity index (χ0) is 11.1. The summed E-state index contributed by atoms with van der Waals surface area (Å²) in [5.74, 6) is 0.